The number of rotatable bonds is 7. The van der Waals surface area contributed by atoms with Crippen LogP contribution in [0.5, 0.6) is 0 Å². The molecule has 0 bridgehead atoms. The predicted molar refractivity (Wildman–Crippen MR) is 79.4 cm³/mol. The lowest BCUT2D eigenvalue weighted by atomic mass is 10.1. The van der Waals surface area contributed by atoms with Crippen molar-refractivity contribution in [1.82, 2.24) is 15.3 Å². The molecule has 1 aliphatic rings. The minimum atomic E-state index is 0.612. The van der Waals surface area contributed by atoms with Crippen LogP contribution in [0.25, 0.3) is 0 Å². The summed E-state index contributed by atoms with van der Waals surface area (Å²) >= 11 is 0. The molecule has 5 nitrogen and oxygen atoms in total. The van der Waals surface area contributed by atoms with Crippen LogP contribution in [0.4, 0.5) is 11.6 Å². The van der Waals surface area contributed by atoms with Crippen LogP contribution in [0, 0.1) is 11.8 Å². The summed E-state index contributed by atoms with van der Waals surface area (Å²) < 4.78 is 0. The van der Waals surface area contributed by atoms with E-state index in [1.165, 1.54) is 19.4 Å². The summed E-state index contributed by atoms with van der Waals surface area (Å²) in [5, 5.41) is 10.1. The molecule has 5 heteroatoms. The topological polar surface area (TPSA) is 61.9 Å². The zero-order valence-corrected chi connectivity index (χ0v) is 11.9. The summed E-state index contributed by atoms with van der Waals surface area (Å²) in [4.78, 5) is 8.48. The van der Waals surface area contributed by atoms with Crippen molar-refractivity contribution in [2.45, 2.75) is 26.7 Å². The van der Waals surface area contributed by atoms with Crippen LogP contribution in [0.1, 0.15) is 26.7 Å². The minimum Gasteiger partial charge on any atom is -0.370 e. The molecule has 1 aliphatic heterocycles. The normalized spacial score (nSPS) is 18.8. The molecule has 2 rings (SSSR count). The maximum Gasteiger partial charge on any atom is 0.131 e. The van der Waals surface area contributed by atoms with E-state index in [1.54, 1.807) is 6.33 Å². The van der Waals surface area contributed by atoms with E-state index in [0.717, 1.165) is 37.2 Å². The zero-order chi connectivity index (χ0) is 13.5. The zero-order valence-electron chi connectivity index (χ0n) is 11.9. The Bertz CT molecular complexity index is 374. The third-order valence-electron chi connectivity index (χ3n) is 3.38. The molecule has 1 aromatic heterocycles. The fraction of sp³-hybridized carbons (Fsp3) is 0.714. The highest BCUT2D eigenvalue weighted by Gasteiger charge is 2.13. The molecular formula is C14H25N5. The molecule has 0 saturated carbocycles. The maximum atomic E-state index is 4.25. The molecule has 1 unspecified atom stereocenters. The van der Waals surface area contributed by atoms with Gasteiger partial charge in [0, 0.05) is 19.2 Å². The van der Waals surface area contributed by atoms with Gasteiger partial charge < -0.3 is 16.0 Å². The standard InChI is InChI=1S/C14H25N5/c1-11(2)8-17-14-7-13(18-10-19-14)16-6-4-12-3-5-15-9-12/h7,10-12,15H,3-6,8-9H2,1-2H3,(H2,16,17,18,19). The Hall–Kier alpha value is -1.36. The quantitative estimate of drug-likeness (QED) is 0.702. The maximum absolute atomic E-state index is 4.25. The molecule has 0 aromatic carbocycles. The molecule has 1 fully saturated rings. The lowest BCUT2D eigenvalue weighted by Gasteiger charge is -2.11. The van der Waals surface area contributed by atoms with E-state index >= 15 is 0 Å². The second-order valence-electron chi connectivity index (χ2n) is 5.64. The van der Waals surface area contributed by atoms with Crippen LogP contribution in [-0.2, 0) is 0 Å². The van der Waals surface area contributed by atoms with Crippen molar-refractivity contribution in [2.75, 3.05) is 36.8 Å². The first kappa shape index (κ1) is 14.1. The van der Waals surface area contributed by atoms with E-state index in [0.29, 0.717) is 5.92 Å². The lowest BCUT2D eigenvalue weighted by molar-refractivity contribution is 0.549. The monoisotopic (exact) mass is 263 g/mol. The summed E-state index contributed by atoms with van der Waals surface area (Å²) in [6.45, 7) is 8.61. The number of hydrogen-bond acceptors (Lipinski definition) is 5. The Balaban J connectivity index is 1.74. The van der Waals surface area contributed by atoms with Gasteiger partial charge in [0.15, 0.2) is 0 Å². The second kappa shape index (κ2) is 7.28. The first-order valence-corrected chi connectivity index (χ1v) is 7.24. The summed E-state index contributed by atoms with van der Waals surface area (Å²) in [5.41, 5.74) is 0. The molecule has 0 aliphatic carbocycles. The van der Waals surface area contributed by atoms with Gasteiger partial charge in [-0.25, -0.2) is 9.97 Å². The molecule has 19 heavy (non-hydrogen) atoms. The van der Waals surface area contributed by atoms with Gasteiger partial charge in [0.25, 0.3) is 0 Å². The largest absolute Gasteiger partial charge is 0.370 e. The Morgan fingerprint density at radius 1 is 1.32 bits per heavy atom. The van der Waals surface area contributed by atoms with Crippen molar-refractivity contribution >= 4 is 11.6 Å². The van der Waals surface area contributed by atoms with Crippen molar-refractivity contribution in [1.29, 1.82) is 0 Å². The van der Waals surface area contributed by atoms with E-state index in [1.807, 2.05) is 6.07 Å². The molecule has 1 atom stereocenters. The van der Waals surface area contributed by atoms with Crippen LogP contribution < -0.4 is 16.0 Å². The molecule has 0 amide bonds. The van der Waals surface area contributed by atoms with Crippen molar-refractivity contribution in [2.24, 2.45) is 11.8 Å². The first-order chi connectivity index (χ1) is 9.24. The highest BCUT2D eigenvalue weighted by Crippen LogP contribution is 2.13. The van der Waals surface area contributed by atoms with Gasteiger partial charge >= 0.3 is 0 Å². The fourth-order valence-electron chi connectivity index (χ4n) is 2.22. The number of aromatic nitrogens is 2. The average molecular weight is 263 g/mol. The molecule has 0 spiro atoms. The molecule has 2 heterocycles. The van der Waals surface area contributed by atoms with E-state index in [4.69, 9.17) is 0 Å². The van der Waals surface area contributed by atoms with Gasteiger partial charge in [-0.15, -0.1) is 0 Å². The number of hydrogen-bond donors (Lipinski definition) is 3. The summed E-state index contributed by atoms with van der Waals surface area (Å²) in [6, 6.07) is 1.98. The summed E-state index contributed by atoms with van der Waals surface area (Å²) in [6.07, 6.45) is 4.11. The Kier molecular flexibility index (Phi) is 5.39. The fourth-order valence-corrected chi connectivity index (χ4v) is 2.22. The van der Waals surface area contributed by atoms with Crippen molar-refractivity contribution in [3.63, 3.8) is 0 Å². The van der Waals surface area contributed by atoms with Gasteiger partial charge in [-0.05, 0) is 37.8 Å². The molecule has 3 N–H and O–H groups in total. The smallest absolute Gasteiger partial charge is 0.131 e. The lowest BCUT2D eigenvalue weighted by Crippen LogP contribution is -2.14. The summed E-state index contributed by atoms with van der Waals surface area (Å²) in [7, 11) is 0. The summed E-state index contributed by atoms with van der Waals surface area (Å²) in [5.74, 6) is 3.23. The van der Waals surface area contributed by atoms with E-state index < -0.39 is 0 Å². The average Bonchev–Trinajstić information content (AvgIpc) is 2.90. The van der Waals surface area contributed by atoms with E-state index in [9.17, 15) is 0 Å². The molecule has 106 valence electrons. The van der Waals surface area contributed by atoms with Gasteiger partial charge in [-0.1, -0.05) is 13.8 Å². The van der Waals surface area contributed by atoms with Crippen LogP contribution in [0.2, 0.25) is 0 Å². The molecule has 1 aromatic rings. The van der Waals surface area contributed by atoms with E-state index in [-0.39, 0.29) is 0 Å². The van der Waals surface area contributed by atoms with Crippen LogP contribution in [0.15, 0.2) is 12.4 Å². The van der Waals surface area contributed by atoms with Crippen LogP contribution in [0.3, 0.4) is 0 Å². The highest BCUT2D eigenvalue weighted by molar-refractivity contribution is 5.46. The Morgan fingerprint density at radius 2 is 2.11 bits per heavy atom. The van der Waals surface area contributed by atoms with E-state index in [2.05, 4.69) is 39.8 Å². The van der Waals surface area contributed by atoms with Gasteiger partial charge in [-0.2, -0.15) is 0 Å². The van der Waals surface area contributed by atoms with Crippen molar-refractivity contribution in [3.8, 4) is 0 Å². The van der Waals surface area contributed by atoms with Gasteiger partial charge in [0.2, 0.25) is 0 Å². The SMILES string of the molecule is CC(C)CNc1cc(NCCC2CCNC2)ncn1. The van der Waals surface area contributed by atoms with Gasteiger partial charge in [0.1, 0.15) is 18.0 Å². The van der Waals surface area contributed by atoms with Crippen molar-refractivity contribution in [3.05, 3.63) is 12.4 Å². The third-order valence-corrected chi connectivity index (χ3v) is 3.38. The highest BCUT2D eigenvalue weighted by atomic mass is 15.1. The molecular weight excluding hydrogens is 238 g/mol. The van der Waals surface area contributed by atoms with Crippen molar-refractivity contribution < 1.29 is 0 Å². The molecule has 0 radical (unpaired) electrons. The third kappa shape index (κ3) is 5.03. The number of nitrogens with one attached hydrogen (secondary N) is 3. The second-order valence-corrected chi connectivity index (χ2v) is 5.64. The Labute approximate surface area is 115 Å². The minimum absolute atomic E-state index is 0.612. The van der Waals surface area contributed by atoms with Gasteiger partial charge in [-0.3, -0.25) is 0 Å². The first-order valence-electron chi connectivity index (χ1n) is 7.24. The van der Waals surface area contributed by atoms with Crippen LogP contribution in [-0.4, -0.2) is 36.1 Å². The Morgan fingerprint density at radius 3 is 2.79 bits per heavy atom. The predicted octanol–water partition coefficient (Wildman–Crippen LogP) is 1.96. The van der Waals surface area contributed by atoms with Gasteiger partial charge in [0.05, 0.1) is 0 Å². The van der Waals surface area contributed by atoms with Crippen LogP contribution >= 0.6 is 0 Å². The number of nitrogens with zero attached hydrogens (tertiary/aromatic N) is 2. The molecule has 1 saturated heterocycles. The number of anilines is 2.